The van der Waals surface area contributed by atoms with E-state index < -0.39 is 27.1 Å². The van der Waals surface area contributed by atoms with Crippen LogP contribution in [0, 0.1) is 11.3 Å². The van der Waals surface area contributed by atoms with Gasteiger partial charge in [-0.3, -0.25) is 0 Å². The van der Waals surface area contributed by atoms with Crippen molar-refractivity contribution >= 4 is 15.5 Å². The SMILES string of the molecule is CS(=O)(=O)CCNc1ccc(C(F)(F)F)c(C#N)c1. The number of anilines is 1. The zero-order valence-corrected chi connectivity index (χ0v) is 10.8. The van der Waals surface area contributed by atoms with Crippen LogP contribution in [0.15, 0.2) is 18.2 Å². The molecule has 0 atom stereocenters. The van der Waals surface area contributed by atoms with Gasteiger partial charge in [0.1, 0.15) is 9.84 Å². The van der Waals surface area contributed by atoms with Crippen molar-refractivity contribution in [1.82, 2.24) is 0 Å². The van der Waals surface area contributed by atoms with Crippen molar-refractivity contribution in [2.24, 2.45) is 0 Å². The highest BCUT2D eigenvalue weighted by Gasteiger charge is 2.33. The Balaban J connectivity index is 2.87. The summed E-state index contributed by atoms with van der Waals surface area (Å²) in [4.78, 5) is 0. The Bertz CT molecular complexity index is 603. The van der Waals surface area contributed by atoms with Gasteiger partial charge in [0.2, 0.25) is 0 Å². The standard InChI is InChI=1S/C11H11F3N2O2S/c1-19(17,18)5-4-16-9-2-3-10(11(12,13)14)8(6-9)7-15/h2-3,6,16H,4-5H2,1H3. The third-order valence-corrected chi connectivity index (χ3v) is 3.19. The van der Waals surface area contributed by atoms with Crippen LogP contribution in [0.5, 0.6) is 0 Å². The molecule has 0 fully saturated rings. The largest absolute Gasteiger partial charge is 0.417 e. The number of hydrogen-bond acceptors (Lipinski definition) is 4. The van der Waals surface area contributed by atoms with Crippen molar-refractivity contribution in [2.75, 3.05) is 23.9 Å². The van der Waals surface area contributed by atoms with Gasteiger partial charge in [-0.05, 0) is 18.2 Å². The van der Waals surface area contributed by atoms with E-state index in [1.165, 1.54) is 6.07 Å². The fourth-order valence-electron chi connectivity index (χ4n) is 1.37. The number of nitriles is 1. The fourth-order valence-corrected chi connectivity index (χ4v) is 1.85. The zero-order valence-electron chi connectivity index (χ0n) is 9.95. The lowest BCUT2D eigenvalue weighted by Gasteiger charge is -2.11. The second-order valence-corrected chi connectivity index (χ2v) is 6.19. The van der Waals surface area contributed by atoms with Gasteiger partial charge in [0, 0.05) is 18.5 Å². The molecule has 19 heavy (non-hydrogen) atoms. The van der Waals surface area contributed by atoms with Crippen molar-refractivity contribution < 1.29 is 21.6 Å². The molecular weight excluding hydrogens is 281 g/mol. The molecule has 0 amide bonds. The minimum Gasteiger partial charge on any atom is -0.384 e. The third-order valence-electron chi connectivity index (χ3n) is 2.25. The van der Waals surface area contributed by atoms with Gasteiger partial charge < -0.3 is 5.32 Å². The van der Waals surface area contributed by atoms with Crippen LogP contribution in [-0.2, 0) is 16.0 Å². The lowest BCUT2D eigenvalue weighted by Crippen LogP contribution is -2.14. The van der Waals surface area contributed by atoms with Crippen LogP contribution in [0.25, 0.3) is 0 Å². The Kier molecular flexibility index (Phi) is 4.42. The highest BCUT2D eigenvalue weighted by molar-refractivity contribution is 7.90. The summed E-state index contributed by atoms with van der Waals surface area (Å²) in [6.45, 7) is 0.0646. The molecule has 1 aromatic carbocycles. The highest BCUT2D eigenvalue weighted by Crippen LogP contribution is 2.32. The molecule has 8 heteroatoms. The molecular formula is C11H11F3N2O2S. The summed E-state index contributed by atoms with van der Waals surface area (Å²) in [6, 6.07) is 4.47. The van der Waals surface area contributed by atoms with Crippen molar-refractivity contribution in [3.05, 3.63) is 29.3 Å². The topological polar surface area (TPSA) is 70.0 Å². The number of nitrogens with zero attached hydrogens (tertiary/aromatic N) is 1. The van der Waals surface area contributed by atoms with E-state index in [9.17, 15) is 21.6 Å². The maximum Gasteiger partial charge on any atom is 0.417 e. The average molecular weight is 292 g/mol. The van der Waals surface area contributed by atoms with Crippen LogP contribution in [0.1, 0.15) is 11.1 Å². The van der Waals surface area contributed by atoms with Crippen LogP contribution >= 0.6 is 0 Å². The van der Waals surface area contributed by atoms with Crippen LogP contribution in [-0.4, -0.2) is 27.0 Å². The van der Waals surface area contributed by atoms with E-state index >= 15 is 0 Å². The number of hydrogen-bond donors (Lipinski definition) is 1. The van der Waals surface area contributed by atoms with Gasteiger partial charge in [-0.1, -0.05) is 0 Å². The summed E-state index contributed by atoms with van der Waals surface area (Å²) in [7, 11) is -3.15. The summed E-state index contributed by atoms with van der Waals surface area (Å²) in [6.07, 6.45) is -3.53. The van der Waals surface area contributed by atoms with E-state index in [4.69, 9.17) is 5.26 Å². The van der Waals surface area contributed by atoms with Gasteiger partial charge in [-0.2, -0.15) is 18.4 Å². The first-order valence-electron chi connectivity index (χ1n) is 5.16. The minimum absolute atomic E-state index is 0.0646. The molecule has 0 bridgehead atoms. The molecule has 0 aliphatic carbocycles. The normalized spacial score (nSPS) is 11.9. The number of rotatable bonds is 4. The lowest BCUT2D eigenvalue weighted by molar-refractivity contribution is -0.137. The van der Waals surface area contributed by atoms with E-state index in [-0.39, 0.29) is 18.0 Å². The van der Waals surface area contributed by atoms with Gasteiger partial charge in [-0.25, -0.2) is 8.42 Å². The predicted molar refractivity (Wildman–Crippen MR) is 64.4 cm³/mol. The Morgan fingerprint density at radius 2 is 2.00 bits per heavy atom. The molecule has 0 saturated heterocycles. The maximum atomic E-state index is 12.5. The first-order valence-corrected chi connectivity index (χ1v) is 7.22. The first-order chi connectivity index (χ1) is 8.63. The number of nitrogens with one attached hydrogen (secondary N) is 1. The molecule has 1 aromatic rings. The van der Waals surface area contributed by atoms with E-state index in [0.29, 0.717) is 0 Å². The molecule has 0 unspecified atom stereocenters. The monoisotopic (exact) mass is 292 g/mol. The number of halogens is 3. The van der Waals surface area contributed by atoms with E-state index in [1.54, 1.807) is 0 Å². The van der Waals surface area contributed by atoms with Gasteiger partial charge in [-0.15, -0.1) is 0 Å². The van der Waals surface area contributed by atoms with Crippen LogP contribution in [0.4, 0.5) is 18.9 Å². The van der Waals surface area contributed by atoms with Crippen molar-refractivity contribution in [3.63, 3.8) is 0 Å². The molecule has 4 nitrogen and oxygen atoms in total. The number of alkyl halides is 3. The molecule has 0 radical (unpaired) electrons. The molecule has 1 rings (SSSR count). The van der Waals surface area contributed by atoms with Gasteiger partial charge in [0.05, 0.1) is 22.9 Å². The second-order valence-electron chi connectivity index (χ2n) is 3.93. The highest BCUT2D eigenvalue weighted by atomic mass is 32.2. The number of sulfone groups is 1. The maximum absolute atomic E-state index is 12.5. The van der Waals surface area contributed by atoms with Crippen LogP contribution < -0.4 is 5.32 Å². The first kappa shape index (κ1) is 15.3. The smallest absolute Gasteiger partial charge is 0.384 e. The van der Waals surface area contributed by atoms with E-state index in [0.717, 1.165) is 24.5 Å². The minimum atomic E-state index is -4.59. The molecule has 0 spiro atoms. The summed E-state index contributed by atoms with van der Waals surface area (Å²) in [5.74, 6) is -0.143. The number of benzene rings is 1. The summed E-state index contributed by atoms with van der Waals surface area (Å²) in [5.41, 5.74) is -1.24. The molecule has 1 N–H and O–H groups in total. The lowest BCUT2D eigenvalue weighted by atomic mass is 10.1. The second kappa shape index (κ2) is 5.48. The molecule has 0 aromatic heterocycles. The Morgan fingerprint density at radius 1 is 1.37 bits per heavy atom. The van der Waals surface area contributed by atoms with Crippen LogP contribution in [0.3, 0.4) is 0 Å². The molecule has 0 saturated carbocycles. The molecule has 0 aliphatic rings. The average Bonchev–Trinajstić information content (AvgIpc) is 2.25. The van der Waals surface area contributed by atoms with Crippen molar-refractivity contribution in [1.29, 1.82) is 5.26 Å². The predicted octanol–water partition coefficient (Wildman–Crippen LogP) is 2.03. The fraction of sp³-hybridized carbons (Fsp3) is 0.364. The Hall–Kier alpha value is -1.75. The van der Waals surface area contributed by atoms with Crippen molar-refractivity contribution in [3.8, 4) is 6.07 Å². The third kappa shape index (κ3) is 4.79. The van der Waals surface area contributed by atoms with Gasteiger partial charge in [0.25, 0.3) is 0 Å². The Morgan fingerprint density at radius 3 is 2.47 bits per heavy atom. The van der Waals surface area contributed by atoms with Crippen molar-refractivity contribution in [2.45, 2.75) is 6.18 Å². The summed E-state index contributed by atoms with van der Waals surface area (Å²) in [5, 5.41) is 11.3. The Labute approximate surface area is 108 Å². The van der Waals surface area contributed by atoms with Gasteiger partial charge >= 0.3 is 6.18 Å². The van der Waals surface area contributed by atoms with E-state index in [1.807, 2.05) is 0 Å². The summed E-state index contributed by atoms with van der Waals surface area (Å²) >= 11 is 0. The quantitative estimate of drug-likeness (QED) is 0.922. The molecule has 104 valence electrons. The molecule has 0 heterocycles. The molecule has 0 aliphatic heterocycles. The van der Waals surface area contributed by atoms with Crippen LogP contribution in [0.2, 0.25) is 0 Å². The van der Waals surface area contributed by atoms with E-state index in [2.05, 4.69) is 5.32 Å². The summed E-state index contributed by atoms with van der Waals surface area (Å²) < 4.78 is 59.4. The van der Waals surface area contributed by atoms with Gasteiger partial charge in [0.15, 0.2) is 0 Å². The zero-order chi connectivity index (χ0) is 14.7.